The Morgan fingerprint density at radius 1 is 1.46 bits per heavy atom. The quantitative estimate of drug-likeness (QED) is 0.480. The van der Waals surface area contributed by atoms with Crippen molar-refractivity contribution >= 4 is 34.4 Å². The van der Waals surface area contributed by atoms with E-state index >= 15 is 0 Å². The van der Waals surface area contributed by atoms with Gasteiger partial charge in [-0.05, 0) is 42.7 Å². The number of hydrogen-bond acceptors (Lipinski definition) is 8. The molecule has 1 aliphatic rings. The fourth-order valence-corrected chi connectivity index (χ4v) is 2.93. The Balaban J connectivity index is 1.38. The second-order valence-electron chi connectivity index (χ2n) is 5.74. The van der Waals surface area contributed by atoms with Gasteiger partial charge in [0.1, 0.15) is 11.6 Å². The molecule has 0 aliphatic carbocycles. The molecule has 0 bridgehead atoms. The molecule has 8 nitrogen and oxygen atoms in total. The number of nitrogens with zero attached hydrogens (tertiary/aromatic N) is 2. The summed E-state index contributed by atoms with van der Waals surface area (Å²) in [6.07, 6.45) is 3.84. The third-order valence-electron chi connectivity index (χ3n) is 3.70. The normalized spacial score (nSPS) is 16.7. The number of carbonyl (C=O) groups excluding carboxylic acids is 1. The monoisotopic (exact) mass is 375 g/mol. The molecule has 9 heteroatoms. The van der Waals surface area contributed by atoms with Crippen molar-refractivity contribution in [1.29, 1.82) is 0 Å². The number of nitrogens with one attached hydrogen (secondary N) is 2. The first kappa shape index (κ1) is 18.2. The Kier molecular flexibility index (Phi) is 6.39. The van der Waals surface area contributed by atoms with Gasteiger partial charge in [0.15, 0.2) is 6.61 Å². The number of nitrogen functional groups attached to an aromatic ring is 1. The molecule has 26 heavy (non-hydrogen) atoms. The van der Waals surface area contributed by atoms with Gasteiger partial charge in [-0.2, -0.15) is 5.10 Å². The third kappa shape index (κ3) is 5.71. The van der Waals surface area contributed by atoms with Crippen molar-refractivity contribution in [3.8, 4) is 5.75 Å². The Morgan fingerprint density at radius 2 is 2.31 bits per heavy atom. The predicted molar refractivity (Wildman–Crippen MR) is 102 cm³/mol. The van der Waals surface area contributed by atoms with Gasteiger partial charge in [-0.25, -0.2) is 4.98 Å². The summed E-state index contributed by atoms with van der Waals surface area (Å²) in [7, 11) is 0. The highest BCUT2D eigenvalue weighted by Crippen LogP contribution is 2.16. The Bertz CT molecular complexity index is 741. The van der Waals surface area contributed by atoms with Crippen LogP contribution in [0.4, 0.5) is 10.9 Å². The van der Waals surface area contributed by atoms with E-state index in [1.807, 2.05) is 12.1 Å². The second-order valence-corrected chi connectivity index (χ2v) is 6.60. The predicted octanol–water partition coefficient (Wildman–Crippen LogP) is 1.85. The smallest absolute Gasteiger partial charge is 0.258 e. The van der Waals surface area contributed by atoms with Gasteiger partial charge in [0.2, 0.25) is 5.13 Å². The van der Waals surface area contributed by atoms with E-state index in [0.29, 0.717) is 23.2 Å². The van der Waals surface area contributed by atoms with Crippen molar-refractivity contribution in [3.05, 3.63) is 35.2 Å². The van der Waals surface area contributed by atoms with E-state index in [1.165, 1.54) is 11.3 Å². The van der Waals surface area contributed by atoms with Crippen LogP contribution in [0.3, 0.4) is 0 Å². The minimum Gasteiger partial charge on any atom is -0.484 e. The van der Waals surface area contributed by atoms with Crippen LogP contribution in [0.1, 0.15) is 18.4 Å². The standard InChI is InChI=1S/C17H21N5O3S/c18-15-11-26-17(21-15)22-20-8-12-3-5-13(6-4-12)25-10-16(23)19-9-14-2-1-7-24-14/h3-6,8,11,14H,1-2,7,9-10,18H2,(H,19,23)(H,21,22). The lowest BCUT2D eigenvalue weighted by Gasteiger charge is -2.11. The average molecular weight is 375 g/mol. The highest BCUT2D eigenvalue weighted by Gasteiger charge is 2.16. The number of nitrogens with two attached hydrogens (primary N) is 1. The van der Waals surface area contributed by atoms with Crippen molar-refractivity contribution in [1.82, 2.24) is 10.3 Å². The molecule has 1 fully saturated rings. The van der Waals surface area contributed by atoms with E-state index in [0.717, 1.165) is 25.0 Å². The maximum Gasteiger partial charge on any atom is 0.258 e. The molecular formula is C17H21N5O3S. The number of amides is 1. The molecule has 1 amide bonds. The maximum atomic E-state index is 11.8. The minimum atomic E-state index is -0.155. The van der Waals surface area contributed by atoms with Crippen LogP contribution in [0.5, 0.6) is 5.75 Å². The topological polar surface area (TPSA) is 111 Å². The summed E-state index contributed by atoms with van der Waals surface area (Å²) in [5.74, 6) is 0.933. The number of anilines is 2. The van der Waals surface area contributed by atoms with E-state index in [-0.39, 0.29) is 18.6 Å². The van der Waals surface area contributed by atoms with Crippen LogP contribution in [-0.2, 0) is 9.53 Å². The summed E-state index contributed by atoms with van der Waals surface area (Å²) in [5.41, 5.74) is 9.23. The minimum absolute atomic E-state index is 0.0207. The Morgan fingerprint density at radius 3 is 3.00 bits per heavy atom. The van der Waals surface area contributed by atoms with Crippen LogP contribution in [0, 0.1) is 0 Å². The zero-order valence-corrected chi connectivity index (χ0v) is 15.0. The molecule has 1 saturated heterocycles. The number of hydrogen-bond donors (Lipinski definition) is 3. The number of hydrazone groups is 1. The molecule has 0 radical (unpaired) electrons. The van der Waals surface area contributed by atoms with Crippen molar-refractivity contribution < 1.29 is 14.3 Å². The number of benzene rings is 1. The molecule has 4 N–H and O–H groups in total. The first-order valence-electron chi connectivity index (χ1n) is 8.30. The van der Waals surface area contributed by atoms with Crippen LogP contribution in [0.25, 0.3) is 0 Å². The van der Waals surface area contributed by atoms with Crippen LogP contribution >= 0.6 is 11.3 Å². The van der Waals surface area contributed by atoms with Crippen LogP contribution in [-0.4, -0.2) is 43.0 Å². The van der Waals surface area contributed by atoms with Gasteiger partial charge in [0.05, 0.1) is 12.3 Å². The summed E-state index contributed by atoms with van der Waals surface area (Å²) in [6, 6.07) is 7.27. The molecule has 1 aromatic carbocycles. The SMILES string of the molecule is Nc1csc(NN=Cc2ccc(OCC(=O)NCC3CCCO3)cc2)n1. The van der Waals surface area contributed by atoms with Gasteiger partial charge >= 0.3 is 0 Å². The zero-order valence-electron chi connectivity index (χ0n) is 14.2. The van der Waals surface area contributed by atoms with E-state index < -0.39 is 0 Å². The molecule has 1 aromatic heterocycles. The van der Waals surface area contributed by atoms with E-state index in [2.05, 4.69) is 20.8 Å². The second kappa shape index (κ2) is 9.16. The lowest BCUT2D eigenvalue weighted by molar-refractivity contribution is -0.123. The largest absolute Gasteiger partial charge is 0.484 e. The van der Waals surface area contributed by atoms with Gasteiger partial charge in [0.25, 0.3) is 5.91 Å². The molecule has 1 atom stereocenters. The highest BCUT2D eigenvalue weighted by molar-refractivity contribution is 7.14. The molecule has 2 aromatic rings. The number of ether oxygens (including phenoxy) is 2. The molecule has 1 unspecified atom stereocenters. The Labute approximate surface area is 155 Å². The van der Waals surface area contributed by atoms with Gasteiger partial charge in [-0.15, -0.1) is 11.3 Å². The van der Waals surface area contributed by atoms with E-state index in [1.54, 1.807) is 23.7 Å². The number of carbonyl (C=O) groups is 1. The third-order valence-corrected chi connectivity index (χ3v) is 4.46. The summed E-state index contributed by atoms with van der Waals surface area (Å²) in [5, 5.41) is 9.28. The van der Waals surface area contributed by atoms with Crippen LogP contribution in [0.2, 0.25) is 0 Å². The van der Waals surface area contributed by atoms with E-state index in [4.69, 9.17) is 15.2 Å². The van der Waals surface area contributed by atoms with Crippen LogP contribution in [0.15, 0.2) is 34.7 Å². The van der Waals surface area contributed by atoms with Gasteiger partial charge in [-0.3, -0.25) is 10.2 Å². The summed E-state index contributed by atoms with van der Waals surface area (Å²) in [6.45, 7) is 1.29. The molecule has 138 valence electrons. The lowest BCUT2D eigenvalue weighted by atomic mass is 10.2. The molecule has 3 rings (SSSR count). The van der Waals surface area contributed by atoms with Crippen molar-refractivity contribution in [2.45, 2.75) is 18.9 Å². The summed E-state index contributed by atoms with van der Waals surface area (Å²) < 4.78 is 10.9. The summed E-state index contributed by atoms with van der Waals surface area (Å²) in [4.78, 5) is 15.8. The molecule has 2 heterocycles. The first-order valence-corrected chi connectivity index (χ1v) is 9.18. The fourth-order valence-electron chi connectivity index (χ4n) is 2.38. The zero-order chi connectivity index (χ0) is 18.2. The van der Waals surface area contributed by atoms with Gasteiger partial charge < -0.3 is 20.5 Å². The fraction of sp³-hybridized carbons (Fsp3) is 0.353. The molecular weight excluding hydrogens is 354 g/mol. The Hall–Kier alpha value is -2.65. The summed E-state index contributed by atoms with van der Waals surface area (Å²) >= 11 is 1.38. The molecule has 0 saturated carbocycles. The molecule has 1 aliphatic heterocycles. The van der Waals surface area contributed by atoms with Gasteiger partial charge in [0, 0.05) is 18.5 Å². The lowest BCUT2D eigenvalue weighted by Crippen LogP contribution is -2.35. The number of thiazole rings is 1. The van der Waals surface area contributed by atoms with E-state index in [9.17, 15) is 4.79 Å². The first-order chi connectivity index (χ1) is 12.7. The average Bonchev–Trinajstić information content (AvgIpc) is 3.31. The van der Waals surface area contributed by atoms with Crippen molar-refractivity contribution in [2.75, 3.05) is 30.9 Å². The van der Waals surface area contributed by atoms with Crippen LogP contribution < -0.4 is 21.2 Å². The highest BCUT2D eigenvalue weighted by atomic mass is 32.1. The van der Waals surface area contributed by atoms with Crippen molar-refractivity contribution in [3.63, 3.8) is 0 Å². The number of aromatic nitrogens is 1. The van der Waals surface area contributed by atoms with Gasteiger partial charge in [-0.1, -0.05) is 0 Å². The molecule has 0 spiro atoms. The number of rotatable bonds is 8. The maximum absolute atomic E-state index is 11.8. The van der Waals surface area contributed by atoms with Crippen molar-refractivity contribution in [2.24, 2.45) is 5.10 Å².